The summed E-state index contributed by atoms with van der Waals surface area (Å²) in [6.07, 6.45) is 2.58. The van der Waals surface area contributed by atoms with Gasteiger partial charge in [-0.15, -0.1) is 11.8 Å². The summed E-state index contributed by atoms with van der Waals surface area (Å²) in [7, 11) is 0. The molecule has 0 N–H and O–H groups in total. The Balaban J connectivity index is 1.60. The summed E-state index contributed by atoms with van der Waals surface area (Å²) in [4.78, 5) is 25.3. The van der Waals surface area contributed by atoms with Crippen molar-refractivity contribution in [3.8, 4) is 0 Å². The lowest BCUT2D eigenvalue weighted by Gasteiger charge is -2.12. The van der Waals surface area contributed by atoms with Crippen molar-refractivity contribution in [2.45, 2.75) is 11.3 Å². The van der Waals surface area contributed by atoms with Crippen LogP contribution in [0.15, 0.2) is 64.6 Å². The largest absolute Gasteiger partial charge is 0.452 e. The van der Waals surface area contributed by atoms with Crippen LogP contribution in [0, 0.1) is 0 Å². The minimum absolute atomic E-state index is 0.312. The van der Waals surface area contributed by atoms with Crippen LogP contribution in [0.5, 0.6) is 0 Å². The number of benzene rings is 2. The van der Waals surface area contributed by atoms with Gasteiger partial charge in [0.2, 0.25) is 0 Å². The average molecular weight is 354 g/mol. The van der Waals surface area contributed by atoms with Crippen molar-refractivity contribution < 1.29 is 14.3 Å². The second kappa shape index (κ2) is 7.98. The van der Waals surface area contributed by atoms with Crippen LogP contribution in [0.1, 0.15) is 22.3 Å². The van der Waals surface area contributed by atoms with Gasteiger partial charge in [-0.05, 0) is 24.0 Å². The van der Waals surface area contributed by atoms with E-state index in [-0.39, 0.29) is 12.5 Å². The Morgan fingerprint density at radius 3 is 2.60 bits per heavy atom. The molecule has 0 unspecified atom stereocenters. The fourth-order valence-electron chi connectivity index (χ4n) is 2.56. The number of rotatable bonds is 5. The van der Waals surface area contributed by atoms with Gasteiger partial charge in [0, 0.05) is 11.3 Å². The third-order valence-electron chi connectivity index (χ3n) is 3.85. The predicted octanol–water partition coefficient (Wildman–Crippen LogP) is 3.20. The molecule has 0 saturated carbocycles. The minimum atomic E-state index is -0.496. The lowest BCUT2D eigenvalue weighted by Crippen LogP contribution is -2.28. The van der Waals surface area contributed by atoms with Gasteiger partial charge in [-0.1, -0.05) is 42.5 Å². The quantitative estimate of drug-likeness (QED) is 0.611. The van der Waals surface area contributed by atoms with Crippen LogP contribution in [0.2, 0.25) is 0 Å². The lowest BCUT2D eigenvalue weighted by atomic mass is 10.1. The van der Waals surface area contributed by atoms with Crippen LogP contribution in [-0.2, 0) is 9.53 Å². The van der Waals surface area contributed by atoms with Crippen molar-refractivity contribution in [3.05, 3.63) is 65.7 Å². The molecule has 0 bridgehead atoms. The Morgan fingerprint density at radius 2 is 1.84 bits per heavy atom. The number of hydrogen-bond acceptors (Lipinski definition) is 5. The maximum Gasteiger partial charge on any atom is 0.339 e. The van der Waals surface area contributed by atoms with Crippen molar-refractivity contribution >= 4 is 29.4 Å². The first-order chi connectivity index (χ1) is 12.2. The van der Waals surface area contributed by atoms with Gasteiger partial charge in [0.05, 0.1) is 17.8 Å². The van der Waals surface area contributed by atoms with Gasteiger partial charge in [-0.25, -0.2) is 9.80 Å². The Bertz CT molecular complexity index is 805. The maximum absolute atomic E-state index is 12.2. The standard InChI is InChI=1S/C19H18N2O3S/c1-25-17-10-6-5-9-15(17)19(23)24-13-18(22)21-12-11-16(20-21)14-7-3-2-4-8-14/h2-10H,11-13H2,1H3. The highest BCUT2D eigenvalue weighted by Crippen LogP contribution is 2.20. The molecule has 0 aliphatic carbocycles. The summed E-state index contributed by atoms with van der Waals surface area (Å²) in [6, 6.07) is 16.9. The molecule has 0 saturated heterocycles. The van der Waals surface area contributed by atoms with E-state index in [9.17, 15) is 9.59 Å². The molecule has 1 aliphatic rings. The number of ether oxygens (including phenoxy) is 1. The topological polar surface area (TPSA) is 59.0 Å². The second-order valence-electron chi connectivity index (χ2n) is 5.46. The average Bonchev–Trinajstić information content (AvgIpc) is 3.17. The SMILES string of the molecule is CSc1ccccc1C(=O)OCC(=O)N1CCC(c2ccccc2)=N1. The number of thioether (sulfide) groups is 1. The fraction of sp³-hybridized carbons (Fsp3) is 0.211. The smallest absolute Gasteiger partial charge is 0.339 e. The zero-order chi connectivity index (χ0) is 17.6. The molecule has 128 valence electrons. The molecule has 0 aromatic heterocycles. The van der Waals surface area contributed by atoms with Crippen molar-refractivity contribution in [2.24, 2.45) is 5.10 Å². The molecule has 6 heteroatoms. The van der Waals surface area contributed by atoms with Gasteiger partial charge >= 0.3 is 5.97 Å². The highest BCUT2D eigenvalue weighted by Gasteiger charge is 2.23. The Labute approximate surface area is 150 Å². The van der Waals surface area contributed by atoms with E-state index in [1.165, 1.54) is 16.8 Å². The summed E-state index contributed by atoms with van der Waals surface area (Å²) in [6.45, 7) is 0.190. The summed E-state index contributed by atoms with van der Waals surface area (Å²) in [5.74, 6) is -0.814. The number of amides is 1. The number of nitrogens with zero attached hydrogens (tertiary/aromatic N) is 2. The molecule has 2 aromatic rings. The molecule has 0 spiro atoms. The first-order valence-electron chi connectivity index (χ1n) is 7.92. The van der Waals surface area contributed by atoms with Gasteiger partial charge in [0.25, 0.3) is 5.91 Å². The van der Waals surface area contributed by atoms with Crippen molar-refractivity contribution in [1.29, 1.82) is 0 Å². The van der Waals surface area contributed by atoms with E-state index >= 15 is 0 Å². The number of esters is 1. The lowest BCUT2D eigenvalue weighted by molar-refractivity contribution is -0.134. The van der Waals surface area contributed by atoms with Crippen LogP contribution < -0.4 is 0 Å². The van der Waals surface area contributed by atoms with Crippen molar-refractivity contribution in [2.75, 3.05) is 19.4 Å². The fourth-order valence-corrected chi connectivity index (χ4v) is 3.15. The Kier molecular flexibility index (Phi) is 5.50. The zero-order valence-corrected chi connectivity index (χ0v) is 14.7. The molecule has 5 nitrogen and oxygen atoms in total. The minimum Gasteiger partial charge on any atom is -0.452 e. The van der Waals surface area contributed by atoms with Crippen LogP contribution in [-0.4, -0.2) is 42.0 Å². The first kappa shape index (κ1) is 17.2. The third-order valence-corrected chi connectivity index (χ3v) is 4.65. The molecule has 0 radical (unpaired) electrons. The molecule has 1 aliphatic heterocycles. The van der Waals surface area contributed by atoms with E-state index in [0.717, 1.165) is 16.2 Å². The molecular formula is C19H18N2O3S. The van der Waals surface area contributed by atoms with E-state index in [4.69, 9.17) is 4.74 Å². The Hall–Kier alpha value is -2.60. The second-order valence-corrected chi connectivity index (χ2v) is 6.30. The van der Waals surface area contributed by atoms with E-state index in [0.29, 0.717) is 18.5 Å². The summed E-state index contributed by atoms with van der Waals surface area (Å²) < 4.78 is 5.17. The Morgan fingerprint density at radius 1 is 1.12 bits per heavy atom. The monoisotopic (exact) mass is 354 g/mol. The van der Waals surface area contributed by atoms with Gasteiger partial charge in [-0.2, -0.15) is 5.10 Å². The number of carbonyl (C=O) groups is 2. The van der Waals surface area contributed by atoms with Gasteiger partial charge < -0.3 is 4.74 Å². The van der Waals surface area contributed by atoms with Crippen LogP contribution in [0.4, 0.5) is 0 Å². The highest BCUT2D eigenvalue weighted by atomic mass is 32.2. The van der Waals surface area contributed by atoms with E-state index in [1.54, 1.807) is 12.1 Å². The normalized spacial score (nSPS) is 13.5. The van der Waals surface area contributed by atoms with E-state index < -0.39 is 5.97 Å². The summed E-state index contributed by atoms with van der Waals surface area (Å²) in [5.41, 5.74) is 2.34. The third kappa shape index (κ3) is 4.09. The number of hydrogen-bond donors (Lipinski definition) is 0. The van der Waals surface area contributed by atoms with Crippen LogP contribution in [0.3, 0.4) is 0 Å². The summed E-state index contributed by atoms with van der Waals surface area (Å²) >= 11 is 1.46. The molecule has 0 atom stereocenters. The van der Waals surface area contributed by atoms with E-state index in [2.05, 4.69) is 5.10 Å². The van der Waals surface area contributed by atoms with Gasteiger partial charge in [-0.3, -0.25) is 4.79 Å². The molecule has 1 amide bonds. The molecule has 25 heavy (non-hydrogen) atoms. The number of carbonyl (C=O) groups excluding carboxylic acids is 2. The zero-order valence-electron chi connectivity index (χ0n) is 13.8. The first-order valence-corrected chi connectivity index (χ1v) is 9.15. The van der Waals surface area contributed by atoms with Crippen LogP contribution in [0.25, 0.3) is 0 Å². The summed E-state index contributed by atoms with van der Waals surface area (Å²) in [5, 5.41) is 5.72. The van der Waals surface area contributed by atoms with Crippen molar-refractivity contribution in [1.82, 2.24) is 5.01 Å². The highest BCUT2D eigenvalue weighted by molar-refractivity contribution is 7.98. The molecule has 3 rings (SSSR count). The molecule has 2 aromatic carbocycles. The number of hydrazone groups is 1. The van der Waals surface area contributed by atoms with Gasteiger partial charge in [0.15, 0.2) is 6.61 Å². The molecule has 1 heterocycles. The molecule has 0 fully saturated rings. The van der Waals surface area contributed by atoms with Gasteiger partial charge in [0.1, 0.15) is 0 Å². The van der Waals surface area contributed by atoms with Crippen LogP contribution >= 0.6 is 11.8 Å². The molecular weight excluding hydrogens is 336 g/mol. The van der Waals surface area contributed by atoms with Crippen molar-refractivity contribution in [3.63, 3.8) is 0 Å². The maximum atomic E-state index is 12.2. The van der Waals surface area contributed by atoms with E-state index in [1.807, 2.05) is 48.7 Å². The predicted molar refractivity (Wildman–Crippen MR) is 97.8 cm³/mol.